The number of pyridine rings is 1. The highest BCUT2D eigenvalue weighted by molar-refractivity contribution is 5.77. The summed E-state index contributed by atoms with van der Waals surface area (Å²) >= 11 is 0. The molecule has 3 heterocycles. The second-order valence-electron chi connectivity index (χ2n) is 6.72. The number of hydrogen-bond acceptors (Lipinski definition) is 5. The third kappa shape index (κ3) is 4.12. The molecular weight excluding hydrogens is 308 g/mol. The third-order valence-corrected chi connectivity index (χ3v) is 4.69. The highest BCUT2D eigenvalue weighted by atomic mass is 16.5. The van der Waals surface area contributed by atoms with Crippen LogP contribution in [0.25, 0.3) is 0 Å². The van der Waals surface area contributed by atoms with Crippen molar-refractivity contribution >= 4 is 5.91 Å². The van der Waals surface area contributed by atoms with Crippen LogP contribution in [-0.2, 0) is 25.6 Å². The van der Waals surface area contributed by atoms with Crippen LogP contribution in [0.1, 0.15) is 30.7 Å². The van der Waals surface area contributed by atoms with Crippen molar-refractivity contribution in [2.45, 2.75) is 44.5 Å². The van der Waals surface area contributed by atoms with Gasteiger partial charge in [-0.05, 0) is 25.5 Å². The molecule has 2 aliphatic heterocycles. The number of likely N-dealkylation sites (tertiary alicyclic amines) is 1. The van der Waals surface area contributed by atoms with E-state index in [0.717, 1.165) is 24.2 Å². The Morgan fingerprint density at radius 2 is 2.29 bits per heavy atom. The first-order valence-corrected chi connectivity index (χ1v) is 8.55. The Balaban J connectivity index is 1.46. The molecule has 1 atom stereocenters. The van der Waals surface area contributed by atoms with Crippen molar-refractivity contribution in [2.75, 3.05) is 33.4 Å². The van der Waals surface area contributed by atoms with E-state index in [1.807, 2.05) is 30.0 Å². The summed E-state index contributed by atoms with van der Waals surface area (Å²) in [7, 11) is 1.61. The summed E-state index contributed by atoms with van der Waals surface area (Å²) in [6.07, 6.45) is 2.33. The molecule has 1 aromatic rings. The minimum absolute atomic E-state index is 0.137. The van der Waals surface area contributed by atoms with Gasteiger partial charge >= 0.3 is 0 Å². The number of nitrogens with zero attached hydrogens (tertiary/aromatic N) is 2. The molecule has 0 N–H and O–H groups in total. The van der Waals surface area contributed by atoms with E-state index in [0.29, 0.717) is 39.3 Å². The van der Waals surface area contributed by atoms with E-state index in [4.69, 9.17) is 14.2 Å². The van der Waals surface area contributed by atoms with Crippen LogP contribution < -0.4 is 0 Å². The van der Waals surface area contributed by atoms with Crippen molar-refractivity contribution in [1.29, 1.82) is 0 Å². The first-order valence-electron chi connectivity index (χ1n) is 8.55. The first-order chi connectivity index (χ1) is 11.6. The van der Waals surface area contributed by atoms with Gasteiger partial charge in [0.2, 0.25) is 5.91 Å². The van der Waals surface area contributed by atoms with Crippen LogP contribution in [0.15, 0.2) is 18.2 Å². The summed E-state index contributed by atoms with van der Waals surface area (Å²) in [6, 6.07) is 5.97. The standard InChI is InChI=1S/C18H26N2O4/c1-14-4-3-5-15(19-14)11-23-16-6-9-24-18(10-16)12-20(13-18)17(21)7-8-22-2/h3-5,16H,6-13H2,1-2H3/t16-/m1/s1. The zero-order valence-corrected chi connectivity index (χ0v) is 14.5. The fourth-order valence-corrected chi connectivity index (χ4v) is 3.40. The van der Waals surface area contributed by atoms with Gasteiger partial charge < -0.3 is 19.1 Å². The summed E-state index contributed by atoms with van der Waals surface area (Å²) in [5.41, 5.74) is 1.75. The fraction of sp³-hybridized carbons (Fsp3) is 0.667. The summed E-state index contributed by atoms with van der Waals surface area (Å²) in [4.78, 5) is 18.3. The number of rotatable bonds is 6. The summed E-state index contributed by atoms with van der Waals surface area (Å²) in [5, 5.41) is 0. The summed E-state index contributed by atoms with van der Waals surface area (Å²) in [6.45, 7) is 5.00. The number of carbonyl (C=O) groups is 1. The summed E-state index contributed by atoms with van der Waals surface area (Å²) in [5.74, 6) is 0.137. The van der Waals surface area contributed by atoms with Gasteiger partial charge in [-0.1, -0.05) is 6.07 Å². The average Bonchev–Trinajstić information content (AvgIpc) is 2.56. The van der Waals surface area contributed by atoms with Crippen molar-refractivity contribution in [3.63, 3.8) is 0 Å². The van der Waals surface area contributed by atoms with Crippen LogP contribution in [0.5, 0.6) is 0 Å². The zero-order valence-electron chi connectivity index (χ0n) is 14.5. The largest absolute Gasteiger partial charge is 0.384 e. The highest BCUT2D eigenvalue weighted by Gasteiger charge is 2.49. The van der Waals surface area contributed by atoms with Gasteiger partial charge in [-0.3, -0.25) is 9.78 Å². The van der Waals surface area contributed by atoms with Gasteiger partial charge in [0, 0.05) is 25.8 Å². The maximum atomic E-state index is 12.0. The lowest BCUT2D eigenvalue weighted by atomic mass is 9.84. The Labute approximate surface area is 143 Å². The molecule has 132 valence electrons. The molecule has 0 aliphatic carbocycles. The minimum atomic E-state index is -0.217. The van der Waals surface area contributed by atoms with E-state index in [2.05, 4.69) is 4.98 Å². The smallest absolute Gasteiger partial charge is 0.225 e. The monoisotopic (exact) mass is 334 g/mol. The maximum Gasteiger partial charge on any atom is 0.225 e. The highest BCUT2D eigenvalue weighted by Crippen LogP contribution is 2.35. The van der Waals surface area contributed by atoms with Gasteiger partial charge in [0.1, 0.15) is 5.60 Å². The maximum absolute atomic E-state index is 12.0. The fourth-order valence-electron chi connectivity index (χ4n) is 3.40. The molecule has 1 spiro atoms. The number of methoxy groups -OCH3 is 1. The van der Waals surface area contributed by atoms with E-state index in [-0.39, 0.29) is 17.6 Å². The van der Waals surface area contributed by atoms with E-state index in [1.165, 1.54) is 0 Å². The van der Waals surface area contributed by atoms with E-state index < -0.39 is 0 Å². The summed E-state index contributed by atoms with van der Waals surface area (Å²) < 4.78 is 17.0. The van der Waals surface area contributed by atoms with Crippen molar-refractivity contribution in [3.8, 4) is 0 Å². The average molecular weight is 334 g/mol. The molecule has 2 aliphatic rings. The first kappa shape index (κ1) is 17.3. The Morgan fingerprint density at radius 1 is 1.46 bits per heavy atom. The molecule has 0 saturated carbocycles. The van der Waals surface area contributed by atoms with Crippen LogP contribution in [0.4, 0.5) is 0 Å². The Kier molecular flexibility index (Phi) is 5.48. The van der Waals surface area contributed by atoms with Crippen molar-refractivity contribution in [2.24, 2.45) is 0 Å². The second kappa shape index (κ2) is 7.59. The Bertz CT molecular complexity index is 572. The quantitative estimate of drug-likeness (QED) is 0.792. The molecule has 2 saturated heterocycles. The van der Waals surface area contributed by atoms with Gasteiger partial charge in [-0.15, -0.1) is 0 Å². The van der Waals surface area contributed by atoms with Gasteiger partial charge in [-0.25, -0.2) is 0 Å². The van der Waals surface area contributed by atoms with Crippen molar-refractivity contribution < 1.29 is 19.0 Å². The topological polar surface area (TPSA) is 60.9 Å². The van der Waals surface area contributed by atoms with Crippen molar-refractivity contribution in [3.05, 3.63) is 29.6 Å². The minimum Gasteiger partial charge on any atom is -0.384 e. The normalized spacial score (nSPS) is 22.4. The SMILES string of the molecule is COCCC(=O)N1CC2(C[C@H](OCc3cccc(C)n3)CCO2)C1. The number of carbonyl (C=O) groups excluding carboxylic acids is 1. The van der Waals surface area contributed by atoms with Gasteiger partial charge in [0.15, 0.2) is 0 Å². The van der Waals surface area contributed by atoms with Crippen LogP contribution >= 0.6 is 0 Å². The van der Waals surface area contributed by atoms with Crippen LogP contribution in [-0.4, -0.2) is 60.9 Å². The number of hydrogen-bond donors (Lipinski definition) is 0. The third-order valence-electron chi connectivity index (χ3n) is 4.69. The van der Waals surface area contributed by atoms with Gasteiger partial charge in [0.25, 0.3) is 0 Å². The van der Waals surface area contributed by atoms with E-state index in [9.17, 15) is 4.79 Å². The molecule has 0 unspecified atom stereocenters. The molecule has 0 bridgehead atoms. The lowest BCUT2D eigenvalue weighted by molar-refractivity contribution is -0.203. The van der Waals surface area contributed by atoms with Crippen LogP contribution in [0.2, 0.25) is 0 Å². The van der Waals surface area contributed by atoms with E-state index >= 15 is 0 Å². The molecule has 0 radical (unpaired) electrons. The predicted molar refractivity (Wildman–Crippen MR) is 88.5 cm³/mol. The Morgan fingerprint density at radius 3 is 3.04 bits per heavy atom. The lowest BCUT2D eigenvalue weighted by Gasteiger charge is -2.53. The zero-order chi connectivity index (χ0) is 17.0. The van der Waals surface area contributed by atoms with Crippen LogP contribution in [0, 0.1) is 6.92 Å². The molecule has 3 rings (SSSR count). The predicted octanol–water partition coefficient (Wildman–Crippen LogP) is 1.70. The molecule has 1 aromatic heterocycles. The molecule has 6 nitrogen and oxygen atoms in total. The number of aryl methyl sites for hydroxylation is 1. The molecule has 2 fully saturated rings. The van der Waals surface area contributed by atoms with Crippen LogP contribution in [0.3, 0.4) is 0 Å². The van der Waals surface area contributed by atoms with Gasteiger partial charge in [0.05, 0.1) is 44.5 Å². The molecule has 1 amide bonds. The molecular formula is C18H26N2O4. The van der Waals surface area contributed by atoms with Crippen molar-refractivity contribution in [1.82, 2.24) is 9.88 Å². The second-order valence-corrected chi connectivity index (χ2v) is 6.72. The van der Waals surface area contributed by atoms with E-state index in [1.54, 1.807) is 7.11 Å². The molecule has 24 heavy (non-hydrogen) atoms. The number of ether oxygens (including phenoxy) is 3. The number of aromatic nitrogens is 1. The Hall–Kier alpha value is -1.50. The molecule has 6 heteroatoms. The molecule has 0 aromatic carbocycles. The number of amides is 1. The lowest BCUT2D eigenvalue weighted by Crippen LogP contribution is -2.67. The van der Waals surface area contributed by atoms with Gasteiger partial charge in [-0.2, -0.15) is 0 Å².